The lowest BCUT2D eigenvalue weighted by atomic mass is 10.1. The Morgan fingerprint density at radius 3 is 3.00 bits per heavy atom. The van der Waals surface area contributed by atoms with Gasteiger partial charge in [0.1, 0.15) is 0 Å². The van der Waals surface area contributed by atoms with Gasteiger partial charge >= 0.3 is 6.09 Å². The van der Waals surface area contributed by atoms with Crippen LogP contribution in [0, 0.1) is 0 Å². The molecule has 0 saturated carbocycles. The van der Waals surface area contributed by atoms with Crippen molar-refractivity contribution in [3.63, 3.8) is 0 Å². The fourth-order valence-electron chi connectivity index (χ4n) is 3.58. The molecule has 2 atom stereocenters. The molecule has 0 radical (unpaired) electrons. The van der Waals surface area contributed by atoms with Crippen LogP contribution in [0.3, 0.4) is 0 Å². The van der Waals surface area contributed by atoms with Crippen LogP contribution < -0.4 is 5.32 Å². The molecule has 0 aliphatic carbocycles. The number of nitrogens with zero attached hydrogens (tertiary/aromatic N) is 3. The van der Waals surface area contributed by atoms with Gasteiger partial charge < -0.3 is 20.1 Å². The number of ether oxygens (including phenoxy) is 1. The zero-order chi connectivity index (χ0) is 16.5. The third kappa shape index (κ3) is 2.91. The molecule has 3 heterocycles. The summed E-state index contributed by atoms with van der Waals surface area (Å²) in [6.07, 6.45) is 5.20. The van der Waals surface area contributed by atoms with Gasteiger partial charge in [0.05, 0.1) is 11.7 Å². The zero-order valence-electron chi connectivity index (χ0n) is 13.5. The number of carboxylic acid groups (broad SMARTS) is 1. The van der Waals surface area contributed by atoms with E-state index in [9.17, 15) is 4.79 Å². The third-order valence-electron chi connectivity index (χ3n) is 4.85. The Hall–Kier alpha value is -2.28. The summed E-state index contributed by atoms with van der Waals surface area (Å²) in [7, 11) is 0. The number of aromatic nitrogens is 2. The van der Waals surface area contributed by atoms with Crippen LogP contribution in [-0.2, 0) is 4.74 Å². The van der Waals surface area contributed by atoms with Gasteiger partial charge in [0.2, 0.25) is 0 Å². The number of likely N-dealkylation sites (tertiary alicyclic amines) is 1. The molecule has 1 aromatic carbocycles. The molecule has 2 saturated heterocycles. The fourth-order valence-corrected chi connectivity index (χ4v) is 3.58. The van der Waals surface area contributed by atoms with Crippen LogP contribution >= 0.6 is 0 Å². The van der Waals surface area contributed by atoms with Crippen molar-refractivity contribution in [3.05, 3.63) is 24.4 Å². The van der Waals surface area contributed by atoms with E-state index in [0.29, 0.717) is 13.1 Å². The van der Waals surface area contributed by atoms with Crippen LogP contribution in [0.5, 0.6) is 0 Å². The number of anilines is 1. The van der Waals surface area contributed by atoms with E-state index in [1.54, 1.807) is 0 Å². The maximum absolute atomic E-state index is 11.0. The van der Waals surface area contributed by atoms with Crippen molar-refractivity contribution in [2.75, 3.05) is 25.0 Å². The number of hydrogen-bond donors (Lipinski definition) is 2. The highest BCUT2D eigenvalue weighted by atomic mass is 16.5. The molecule has 2 fully saturated rings. The molecule has 1 unspecified atom stereocenters. The predicted molar refractivity (Wildman–Crippen MR) is 90.2 cm³/mol. The Bertz CT molecular complexity index is 739. The largest absolute Gasteiger partial charge is 0.465 e. The van der Waals surface area contributed by atoms with Crippen LogP contribution in [0.1, 0.15) is 31.9 Å². The fraction of sp³-hybridized carbons (Fsp3) is 0.529. The maximum atomic E-state index is 11.0. The van der Waals surface area contributed by atoms with Gasteiger partial charge in [0, 0.05) is 36.8 Å². The van der Waals surface area contributed by atoms with Crippen LogP contribution in [0.15, 0.2) is 24.4 Å². The van der Waals surface area contributed by atoms with Crippen molar-refractivity contribution in [1.29, 1.82) is 0 Å². The van der Waals surface area contributed by atoms with Gasteiger partial charge in [0.15, 0.2) is 6.23 Å². The number of hydrogen-bond acceptors (Lipinski definition) is 4. The van der Waals surface area contributed by atoms with Gasteiger partial charge in [-0.1, -0.05) is 0 Å². The molecule has 2 aliphatic heterocycles. The van der Waals surface area contributed by atoms with Crippen molar-refractivity contribution >= 4 is 22.7 Å². The number of amides is 1. The first-order valence-electron chi connectivity index (χ1n) is 8.54. The first-order valence-corrected chi connectivity index (χ1v) is 8.54. The van der Waals surface area contributed by atoms with Crippen molar-refractivity contribution in [2.45, 2.75) is 38.0 Å². The van der Waals surface area contributed by atoms with E-state index in [1.165, 1.54) is 11.3 Å². The summed E-state index contributed by atoms with van der Waals surface area (Å²) in [6, 6.07) is 6.33. The highest BCUT2D eigenvalue weighted by Gasteiger charge is 2.26. The molecule has 2 N–H and O–H groups in total. The van der Waals surface area contributed by atoms with Crippen molar-refractivity contribution in [1.82, 2.24) is 14.7 Å². The van der Waals surface area contributed by atoms with Gasteiger partial charge in [-0.3, -0.25) is 0 Å². The van der Waals surface area contributed by atoms with Gasteiger partial charge in [-0.2, -0.15) is 5.10 Å². The lowest BCUT2D eigenvalue weighted by Gasteiger charge is -2.23. The van der Waals surface area contributed by atoms with Crippen LogP contribution in [-0.4, -0.2) is 51.6 Å². The normalized spacial score (nSPS) is 24.4. The number of nitrogens with one attached hydrogen (secondary N) is 1. The van der Waals surface area contributed by atoms with E-state index in [0.717, 1.165) is 42.5 Å². The van der Waals surface area contributed by atoms with Gasteiger partial charge in [-0.25, -0.2) is 9.48 Å². The molecule has 7 heteroatoms. The molecular formula is C17H22N4O3. The Morgan fingerprint density at radius 1 is 1.33 bits per heavy atom. The Labute approximate surface area is 140 Å². The number of fused-ring (bicyclic) bond motifs is 1. The van der Waals surface area contributed by atoms with Gasteiger partial charge in [0.25, 0.3) is 0 Å². The highest BCUT2D eigenvalue weighted by molar-refractivity contribution is 5.82. The Balaban J connectivity index is 1.49. The van der Waals surface area contributed by atoms with E-state index >= 15 is 0 Å². The average Bonchev–Trinajstić information content (AvgIpc) is 3.22. The monoisotopic (exact) mass is 330 g/mol. The molecule has 4 rings (SSSR count). The lowest BCUT2D eigenvalue weighted by Crippen LogP contribution is -2.30. The lowest BCUT2D eigenvalue weighted by molar-refractivity contribution is -0.0366. The first-order chi connectivity index (χ1) is 11.7. The van der Waals surface area contributed by atoms with E-state index in [2.05, 4.69) is 22.5 Å². The summed E-state index contributed by atoms with van der Waals surface area (Å²) < 4.78 is 7.80. The molecule has 128 valence electrons. The molecule has 0 spiro atoms. The second kappa shape index (κ2) is 6.32. The SMILES string of the molecule is O=C(O)N1CC[C@H](Nc2ccc3c(cnn3C3CCCCO3)c2)C1. The van der Waals surface area contributed by atoms with Crippen molar-refractivity contribution in [2.24, 2.45) is 0 Å². The van der Waals surface area contributed by atoms with E-state index in [1.807, 2.05) is 16.9 Å². The summed E-state index contributed by atoms with van der Waals surface area (Å²) in [6.45, 7) is 1.92. The number of rotatable bonds is 3. The average molecular weight is 330 g/mol. The van der Waals surface area contributed by atoms with Gasteiger partial charge in [-0.05, 0) is 43.9 Å². The second-order valence-corrected chi connectivity index (χ2v) is 6.54. The van der Waals surface area contributed by atoms with E-state index in [-0.39, 0.29) is 12.3 Å². The molecule has 2 aromatic rings. The smallest absolute Gasteiger partial charge is 0.407 e. The standard InChI is InChI=1S/C17H22N4O3/c22-17(23)20-7-6-14(11-20)19-13-4-5-15-12(9-13)10-18-21(15)16-3-1-2-8-24-16/h4-5,9-10,14,16,19H,1-3,6-8,11H2,(H,22,23)/t14-,16?/m0/s1. The summed E-state index contributed by atoms with van der Waals surface area (Å²) in [5.41, 5.74) is 2.08. The molecule has 1 amide bonds. The molecule has 1 aromatic heterocycles. The highest BCUT2D eigenvalue weighted by Crippen LogP contribution is 2.28. The van der Waals surface area contributed by atoms with Gasteiger partial charge in [-0.15, -0.1) is 0 Å². The predicted octanol–water partition coefficient (Wildman–Crippen LogP) is 2.90. The topological polar surface area (TPSA) is 79.6 Å². The quantitative estimate of drug-likeness (QED) is 0.904. The molecule has 0 bridgehead atoms. The minimum Gasteiger partial charge on any atom is -0.465 e. The van der Waals surface area contributed by atoms with Crippen molar-refractivity contribution in [3.8, 4) is 0 Å². The Kier molecular flexibility index (Phi) is 4.02. The summed E-state index contributed by atoms with van der Waals surface area (Å²) >= 11 is 0. The van der Waals surface area contributed by atoms with Crippen LogP contribution in [0.2, 0.25) is 0 Å². The number of carbonyl (C=O) groups is 1. The summed E-state index contributed by atoms with van der Waals surface area (Å²) in [5.74, 6) is 0. The third-order valence-corrected chi connectivity index (χ3v) is 4.85. The maximum Gasteiger partial charge on any atom is 0.407 e. The minimum atomic E-state index is -0.844. The first kappa shape index (κ1) is 15.3. The van der Waals surface area contributed by atoms with Crippen molar-refractivity contribution < 1.29 is 14.6 Å². The van der Waals surface area contributed by atoms with E-state index in [4.69, 9.17) is 9.84 Å². The molecule has 7 nitrogen and oxygen atoms in total. The number of benzene rings is 1. The summed E-state index contributed by atoms with van der Waals surface area (Å²) in [4.78, 5) is 12.5. The molecule has 2 aliphatic rings. The summed E-state index contributed by atoms with van der Waals surface area (Å²) in [5, 5.41) is 18.1. The van der Waals surface area contributed by atoms with Crippen LogP contribution in [0.25, 0.3) is 10.9 Å². The molecular weight excluding hydrogens is 308 g/mol. The minimum absolute atomic E-state index is 0.0361. The zero-order valence-corrected chi connectivity index (χ0v) is 13.5. The Morgan fingerprint density at radius 2 is 2.25 bits per heavy atom. The second-order valence-electron chi connectivity index (χ2n) is 6.54. The van der Waals surface area contributed by atoms with Crippen LogP contribution in [0.4, 0.5) is 10.5 Å². The van der Waals surface area contributed by atoms with E-state index < -0.39 is 6.09 Å². The molecule has 24 heavy (non-hydrogen) atoms.